The van der Waals surface area contributed by atoms with E-state index >= 15 is 0 Å². The van der Waals surface area contributed by atoms with Crippen molar-refractivity contribution in [2.75, 3.05) is 13.7 Å². The molecule has 0 saturated carbocycles. The van der Waals surface area contributed by atoms with E-state index in [1.165, 1.54) is 7.11 Å². The molecule has 0 aliphatic carbocycles. The lowest BCUT2D eigenvalue weighted by molar-refractivity contribution is -0.125. The van der Waals surface area contributed by atoms with E-state index < -0.39 is 5.97 Å². The maximum Gasteiger partial charge on any atom is 0.338 e. The third-order valence-electron chi connectivity index (χ3n) is 2.99. The van der Waals surface area contributed by atoms with Gasteiger partial charge in [-0.15, -0.1) is 0 Å². The van der Waals surface area contributed by atoms with Crippen LogP contribution < -0.4 is 10.1 Å². The summed E-state index contributed by atoms with van der Waals surface area (Å²) >= 11 is 0. The molecule has 1 aromatic rings. The summed E-state index contributed by atoms with van der Waals surface area (Å²) in [6.45, 7) is 3.72. The number of esters is 1. The van der Waals surface area contributed by atoms with Crippen LogP contribution in [-0.2, 0) is 9.53 Å². The van der Waals surface area contributed by atoms with Crippen LogP contribution in [0.1, 0.15) is 37.0 Å². The summed E-state index contributed by atoms with van der Waals surface area (Å²) in [5.74, 6) is -0.250. The van der Waals surface area contributed by atoms with Gasteiger partial charge in [0.05, 0.1) is 12.7 Å². The fraction of sp³-hybridized carbons (Fsp3) is 0.467. The van der Waals surface area contributed by atoms with Crippen LogP contribution in [0.15, 0.2) is 24.3 Å². The summed E-state index contributed by atoms with van der Waals surface area (Å²) in [7, 11) is 1.52. The average Bonchev–Trinajstić information content (AvgIpc) is 2.50. The Labute approximate surface area is 119 Å². The molecule has 1 rings (SSSR count). The minimum absolute atomic E-state index is 0.123. The molecule has 5 heteroatoms. The first-order valence-electron chi connectivity index (χ1n) is 6.71. The second kappa shape index (κ2) is 8.19. The topological polar surface area (TPSA) is 64.6 Å². The Morgan fingerprint density at radius 2 is 1.95 bits per heavy atom. The van der Waals surface area contributed by atoms with Gasteiger partial charge in [0, 0.05) is 6.04 Å². The predicted molar refractivity (Wildman–Crippen MR) is 75.8 cm³/mol. The lowest BCUT2D eigenvalue weighted by Gasteiger charge is -2.14. The molecule has 1 aromatic carbocycles. The maximum atomic E-state index is 11.8. The average molecular weight is 279 g/mol. The van der Waals surface area contributed by atoms with E-state index in [1.54, 1.807) is 24.3 Å². The van der Waals surface area contributed by atoms with E-state index in [4.69, 9.17) is 9.47 Å². The highest BCUT2D eigenvalue weighted by Crippen LogP contribution is 2.13. The number of carbonyl (C=O) groups is 2. The van der Waals surface area contributed by atoms with Gasteiger partial charge in [-0.05, 0) is 31.0 Å². The van der Waals surface area contributed by atoms with Crippen molar-refractivity contribution in [3.05, 3.63) is 29.8 Å². The van der Waals surface area contributed by atoms with E-state index in [2.05, 4.69) is 5.32 Å². The molecule has 0 aliphatic heterocycles. The Hall–Kier alpha value is -2.04. The molecule has 0 atom stereocenters. The lowest BCUT2D eigenvalue weighted by Crippen LogP contribution is -2.36. The molecule has 0 heterocycles. The highest BCUT2D eigenvalue weighted by molar-refractivity contribution is 5.91. The standard InChI is InChI=1S/C15H21NO4/c1-4-12(5-2)16-14(17)10-20-15(18)11-7-6-8-13(9-11)19-3/h6-9,12H,4-5,10H2,1-3H3,(H,16,17). The van der Waals surface area contributed by atoms with E-state index in [-0.39, 0.29) is 18.6 Å². The van der Waals surface area contributed by atoms with Crippen LogP contribution in [0.25, 0.3) is 0 Å². The summed E-state index contributed by atoms with van der Waals surface area (Å²) in [5, 5.41) is 2.80. The van der Waals surface area contributed by atoms with Crippen molar-refractivity contribution in [3.8, 4) is 5.75 Å². The molecule has 20 heavy (non-hydrogen) atoms. The third kappa shape index (κ3) is 4.91. The van der Waals surface area contributed by atoms with Gasteiger partial charge in [-0.3, -0.25) is 4.79 Å². The number of ether oxygens (including phenoxy) is 2. The SMILES string of the molecule is CCC(CC)NC(=O)COC(=O)c1cccc(OC)c1. The minimum atomic E-state index is -0.538. The maximum absolute atomic E-state index is 11.8. The van der Waals surface area contributed by atoms with Gasteiger partial charge in [-0.1, -0.05) is 19.9 Å². The van der Waals surface area contributed by atoms with Crippen molar-refractivity contribution in [1.29, 1.82) is 0 Å². The lowest BCUT2D eigenvalue weighted by atomic mass is 10.2. The second-order valence-electron chi connectivity index (χ2n) is 4.39. The summed E-state index contributed by atoms with van der Waals surface area (Å²) in [5.41, 5.74) is 0.361. The van der Waals surface area contributed by atoms with Gasteiger partial charge in [0.2, 0.25) is 0 Å². The van der Waals surface area contributed by atoms with Gasteiger partial charge in [-0.2, -0.15) is 0 Å². The van der Waals surface area contributed by atoms with Crippen LogP contribution >= 0.6 is 0 Å². The van der Waals surface area contributed by atoms with Gasteiger partial charge in [-0.25, -0.2) is 4.79 Å². The molecule has 1 N–H and O–H groups in total. The van der Waals surface area contributed by atoms with Gasteiger partial charge in [0.1, 0.15) is 5.75 Å². The van der Waals surface area contributed by atoms with Gasteiger partial charge >= 0.3 is 5.97 Å². The van der Waals surface area contributed by atoms with Crippen molar-refractivity contribution in [1.82, 2.24) is 5.32 Å². The molecule has 0 saturated heterocycles. The molecule has 0 radical (unpaired) electrons. The summed E-state index contributed by atoms with van der Waals surface area (Å²) < 4.78 is 10.00. The number of nitrogens with one attached hydrogen (secondary N) is 1. The van der Waals surface area contributed by atoms with Gasteiger partial charge < -0.3 is 14.8 Å². The monoisotopic (exact) mass is 279 g/mol. The Morgan fingerprint density at radius 1 is 1.25 bits per heavy atom. The van der Waals surface area contributed by atoms with E-state index in [9.17, 15) is 9.59 Å². The molecule has 110 valence electrons. The third-order valence-corrected chi connectivity index (χ3v) is 2.99. The van der Waals surface area contributed by atoms with E-state index in [0.717, 1.165) is 12.8 Å². The van der Waals surface area contributed by atoms with Gasteiger partial charge in [0.15, 0.2) is 6.61 Å². The van der Waals surface area contributed by atoms with Gasteiger partial charge in [0.25, 0.3) is 5.91 Å². The zero-order valence-electron chi connectivity index (χ0n) is 12.1. The smallest absolute Gasteiger partial charge is 0.338 e. The normalized spacial score (nSPS) is 10.2. The first kappa shape index (κ1) is 16.0. The van der Waals surface area contributed by atoms with Crippen LogP contribution in [0.2, 0.25) is 0 Å². The van der Waals surface area contributed by atoms with Crippen LogP contribution in [0.5, 0.6) is 5.75 Å². The van der Waals surface area contributed by atoms with Crippen LogP contribution in [0, 0.1) is 0 Å². The number of methoxy groups -OCH3 is 1. The van der Waals surface area contributed by atoms with Crippen molar-refractivity contribution in [3.63, 3.8) is 0 Å². The van der Waals surface area contributed by atoms with Crippen molar-refractivity contribution in [2.24, 2.45) is 0 Å². The van der Waals surface area contributed by atoms with Crippen LogP contribution in [-0.4, -0.2) is 31.6 Å². The first-order chi connectivity index (χ1) is 9.60. The minimum Gasteiger partial charge on any atom is -0.497 e. The molecule has 0 aromatic heterocycles. The summed E-state index contributed by atoms with van der Waals surface area (Å²) in [6, 6.07) is 6.74. The number of amides is 1. The zero-order chi connectivity index (χ0) is 15.0. The molecular formula is C15H21NO4. The molecule has 0 fully saturated rings. The molecule has 5 nitrogen and oxygen atoms in total. The highest BCUT2D eigenvalue weighted by atomic mass is 16.5. The number of carbonyl (C=O) groups excluding carboxylic acids is 2. The Morgan fingerprint density at radius 3 is 2.55 bits per heavy atom. The number of hydrogen-bond acceptors (Lipinski definition) is 4. The fourth-order valence-corrected chi connectivity index (χ4v) is 1.73. The Kier molecular flexibility index (Phi) is 6.56. The quantitative estimate of drug-likeness (QED) is 0.777. The zero-order valence-corrected chi connectivity index (χ0v) is 12.1. The first-order valence-corrected chi connectivity index (χ1v) is 6.71. The largest absolute Gasteiger partial charge is 0.497 e. The van der Waals surface area contributed by atoms with Crippen LogP contribution in [0.4, 0.5) is 0 Å². The molecule has 0 unspecified atom stereocenters. The fourth-order valence-electron chi connectivity index (χ4n) is 1.73. The van der Waals surface area contributed by atoms with Crippen molar-refractivity contribution in [2.45, 2.75) is 32.7 Å². The highest BCUT2D eigenvalue weighted by Gasteiger charge is 2.13. The summed E-state index contributed by atoms with van der Waals surface area (Å²) in [4.78, 5) is 23.4. The molecule has 0 bridgehead atoms. The molecule has 0 spiro atoms. The van der Waals surface area contributed by atoms with E-state index in [0.29, 0.717) is 11.3 Å². The van der Waals surface area contributed by atoms with Crippen LogP contribution in [0.3, 0.4) is 0 Å². The second-order valence-corrected chi connectivity index (χ2v) is 4.39. The number of rotatable bonds is 7. The Bertz CT molecular complexity index is 455. The summed E-state index contributed by atoms with van der Waals surface area (Å²) in [6.07, 6.45) is 1.71. The predicted octanol–water partition coefficient (Wildman–Crippen LogP) is 2.16. The molecule has 1 amide bonds. The molecule has 0 aliphatic rings. The van der Waals surface area contributed by atoms with Crippen molar-refractivity contribution >= 4 is 11.9 Å². The number of benzene rings is 1. The molecular weight excluding hydrogens is 258 g/mol. The Balaban J connectivity index is 2.48. The van der Waals surface area contributed by atoms with Crippen molar-refractivity contribution < 1.29 is 19.1 Å². The van der Waals surface area contributed by atoms with E-state index in [1.807, 2.05) is 13.8 Å². The number of hydrogen-bond donors (Lipinski definition) is 1.